The van der Waals surface area contributed by atoms with Crippen LogP contribution in [0, 0.1) is 0 Å². The van der Waals surface area contributed by atoms with Crippen molar-refractivity contribution in [2.75, 3.05) is 19.6 Å². The van der Waals surface area contributed by atoms with Crippen LogP contribution in [0.4, 0.5) is 0 Å². The first-order chi connectivity index (χ1) is 8.22. The van der Waals surface area contributed by atoms with Crippen LogP contribution in [-0.4, -0.2) is 35.4 Å². The maximum absolute atomic E-state index is 12.1. The van der Waals surface area contributed by atoms with Crippen LogP contribution >= 0.6 is 23.7 Å². The number of rotatable bonds is 7. The number of hydrogen-bond acceptors (Lipinski definition) is 4. The van der Waals surface area contributed by atoms with E-state index >= 15 is 0 Å². The van der Waals surface area contributed by atoms with Gasteiger partial charge >= 0.3 is 0 Å². The van der Waals surface area contributed by atoms with E-state index in [1.54, 1.807) is 22.4 Å². The number of carbonyl (C=O) groups is 1. The van der Waals surface area contributed by atoms with E-state index in [0.29, 0.717) is 31.7 Å². The predicted molar refractivity (Wildman–Crippen MR) is 78.4 cm³/mol. The quantitative estimate of drug-likeness (QED) is 0.779. The largest absolute Gasteiger partial charge is 0.330 e. The number of amides is 1. The van der Waals surface area contributed by atoms with E-state index in [1.807, 2.05) is 0 Å². The van der Waals surface area contributed by atoms with Crippen molar-refractivity contribution in [1.29, 1.82) is 0 Å². The Hall–Kier alpha value is -1.17. The van der Waals surface area contributed by atoms with E-state index < -0.39 is 0 Å². The van der Waals surface area contributed by atoms with Gasteiger partial charge in [-0.15, -0.1) is 36.9 Å². The maximum atomic E-state index is 12.1. The Morgan fingerprint density at radius 1 is 1.44 bits per heavy atom. The lowest BCUT2D eigenvalue weighted by Crippen LogP contribution is -2.31. The summed E-state index contributed by atoms with van der Waals surface area (Å²) in [5.41, 5.74) is 5.92. The van der Waals surface area contributed by atoms with Crippen molar-refractivity contribution in [3.8, 4) is 0 Å². The standard InChI is InChI=1S/C12H17N3OS.ClH/c1-3-7-15(8-4-2)12(16)10-9-17-11(14-10)5-6-13;/h3-4,9H,1-2,5-8,13H2;1H. The smallest absolute Gasteiger partial charge is 0.273 e. The summed E-state index contributed by atoms with van der Waals surface area (Å²) in [7, 11) is 0. The molecule has 6 heteroatoms. The van der Waals surface area contributed by atoms with Crippen LogP contribution < -0.4 is 5.73 Å². The normalized spacial score (nSPS) is 9.39. The Morgan fingerprint density at radius 2 is 2.06 bits per heavy atom. The lowest BCUT2D eigenvalue weighted by molar-refractivity contribution is 0.0785. The molecule has 1 heterocycles. The van der Waals surface area contributed by atoms with E-state index in [1.165, 1.54) is 11.3 Å². The number of halogens is 1. The molecule has 0 spiro atoms. The van der Waals surface area contributed by atoms with Crippen molar-refractivity contribution in [1.82, 2.24) is 9.88 Å². The highest BCUT2D eigenvalue weighted by Gasteiger charge is 2.16. The number of thiazole rings is 1. The number of nitrogens with zero attached hydrogens (tertiary/aromatic N) is 2. The van der Waals surface area contributed by atoms with Crippen LogP contribution in [0.1, 0.15) is 15.5 Å². The molecule has 0 aromatic carbocycles. The second kappa shape index (κ2) is 8.85. The highest BCUT2D eigenvalue weighted by molar-refractivity contribution is 7.09. The molecule has 1 rings (SSSR count). The second-order valence-electron chi connectivity index (χ2n) is 3.45. The molecular weight excluding hydrogens is 270 g/mol. The topological polar surface area (TPSA) is 59.2 Å². The first kappa shape index (κ1) is 16.8. The van der Waals surface area contributed by atoms with Crippen LogP contribution in [0.5, 0.6) is 0 Å². The predicted octanol–water partition coefficient (Wildman–Crippen LogP) is 1.88. The number of aromatic nitrogens is 1. The van der Waals surface area contributed by atoms with Gasteiger partial charge in [0.15, 0.2) is 0 Å². The fourth-order valence-electron chi connectivity index (χ4n) is 1.36. The average molecular weight is 288 g/mol. The molecule has 0 bridgehead atoms. The summed E-state index contributed by atoms with van der Waals surface area (Å²) in [5.74, 6) is -0.0932. The molecule has 18 heavy (non-hydrogen) atoms. The fourth-order valence-corrected chi connectivity index (χ4v) is 2.15. The van der Waals surface area contributed by atoms with E-state index in [4.69, 9.17) is 5.73 Å². The molecule has 0 atom stereocenters. The molecule has 1 amide bonds. The van der Waals surface area contributed by atoms with Gasteiger partial charge in [-0.25, -0.2) is 4.98 Å². The van der Waals surface area contributed by atoms with Crippen molar-refractivity contribution in [2.24, 2.45) is 5.73 Å². The van der Waals surface area contributed by atoms with Gasteiger partial charge in [-0.2, -0.15) is 0 Å². The molecule has 0 radical (unpaired) electrons. The van der Waals surface area contributed by atoms with Crippen molar-refractivity contribution < 1.29 is 4.79 Å². The Bertz CT molecular complexity index is 396. The molecule has 0 fully saturated rings. The third kappa shape index (κ3) is 4.60. The minimum Gasteiger partial charge on any atom is -0.330 e. The summed E-state index contributed by atoms with van der Waals surface area (Å²) < 4.78 is 0. The Kier molecular flexibility index (Phi) is 8.28. The van der Waals surface area contributed by atoms with Gasteiger partial charge in [-0.1, -0.05) is 12.2 Å². The van der Waals surface area contributed by atoms with Crippen molar-refractivity contribution in [2.45, 2.75) is 6.42 Å². The Labute approximate surface area is 118 Å². The molecule has 1 aromatic rings. The third-order valence-corrected chi connectivity index (χ3v) is 3.02. The molecule has 0 saturated heterocycles. The summed E-state index contributed by atoms with van der Waals surface area (Å²) in [6, 6.07) is 0. The molecule has 100 valence electrons. The van der Waals surface area contributed by atoms with Gasteiger partial charge in [0.2, 0.25) is 0 Å². The molecule has 0 unspecified atom stereocenters. The van der Waals surface area contributed by atoms with Gasteiger partial charge in [-0.3, -0.25) is 4.79 Å². The summed E-state index contributed by atoms with van der Waals surface area (Å²) in [6.45, 7) is 8.80. The van der Waals surface area contributed by atoms with Crippen LogP contribution in [0.2, 0.25) is 0 Å². The molecule has 0 aliphatic carbocycles. The van der Waals surface area contributed by atoms with Crippen LogP contribution in [0.3, 0.4) is 0 Å². The lowest BCUT2D eigenvalue weighted by atomic mass is 10.3. The lowest BCUT2D eigenvalue weighted by Gasteiger charge is -2.17. The van der Waals surface area contributed by atoms with Gasteiger partial charge in [-0.05, 0) is 6.54 Å². The Morgan fingerprint density at radius 3 is 2.56 bits per heavy atom. The molecule has 0 aliphatic rings. The zero-order valence-corrected chi connectivity index (χ0v) is 11.8. The third-order valence-electron chi connectivity index (χ3n) is 2.12. The van der Waals surface area contributed by atoms with Gasteiger partial charge in [0.25, 0.3) is 5.91 Å². The molecule has 0 saturated carbocycles. The van der Waals surface area contributed by atoms with Crippen molar-refractivity contribution in [3.63, 3.8) is 0 Å². The van der Waals surface area contributed by atoms with Gasteiger partial charge < -0.3 is 10.6 Å². The fraction of sp³-hybridized carbons (Fsp3) is 0.333. The Balaban J connectivity index is 0.00000289. The average Bonchev–Trinajstić information content (AvgIpc) is 2.77. The summed E-state index contributed by atoms with van der Waals surface area (Å²) in [4.78, 5) is 18.0. The van der Waals surface area contributed by atoms with E-state index in [0.717, 1.165) is 5.01 Å². The van der Waals surface area contributed by atoms with Crippen LogP contribution in [-0.2, 0) is 6.42 Å². The van der Waals surface area contributed by atoms with Crippen molar-refractivity contribution >= 4 is 29.7 Å². The molecule has 2 N–H and O–H groups in total. The van der Waals surface area contributed by atoms with Gasteiger partial charge in [0, 0.05) is 24.9 Å². The maximum Gasteiger partial charge on any atom is 0.273 e. The number of hydrogen-bond donors (Lipinski definition) is 1. The minimum absolute atomic E-state index is 0. The minimum atomic E-state index is -0.0932. The van der Waals surface area contributed by atoms with E-state index in [2.05, 4.69) is 18.1 Å². The van der Waals surface area contributed by atoms with Gasteiger partial charge in [0.05, 0.1) is 5.01 Å². The molecular formula is C12H18ClN3OS. The second-order valence-corrected chi connectivity index (χ2v) is 4.40. The molecule has 0 aliphatic heterocycles. The molecule has 1 aromatic heterocycles. The van der Waals surface area contributed by atoms with E-state index in [9.17, 15) is 4.79 Å². The first-order valence-corrected chi connectivity index (χ1v) is 6.26. The first-order valence-electron chi connectivity index (χ1n) is 5.38. The number of nitrogens with two attached hydrogens (primary N) is 1. The summed E-state index contributed by atoms with van der Waals surface area (Å²) in [5, 5.41) is 2.67. The highest BCUT2D eigenvalue weighted by Crippen LogP contribution is 2.12. The monoisotopic (exact) mass is 287 g/mol. The van der Waals surface area contributed by atoms with Gasteiger partial charge in [0.1, 0.15) is 5.69 Å². The summed E-state index contributed by atoms with van der Waals surface area (Å²) >= 11 is 1.47. The van der Waals surface area contributed by atoms with Crippen LogP contribution in [0.25, 0.3) is 0 Å². The van der Waals surface area contributed by atoms with E-state index in [-0.39, 0.29) is 18.3 Å². The molecule has 4 nitrogen and oxygen atoms in total. The van der Waals surface area contributed by atoms with Crippen LogP contribution in [0.15, 0.2) is 30.7 Å². The summed E-state index contributed by atoms with van der Waals surface area (Å²) in [6.07, 6.45) is 4.09. The zero-order chi connectivity index (χ0) is 12.7. The highest BCUT2D eigenvalue weighted by atomic mass is 35.5. The SMILES string of the molecule is C=CCN(CC=C)C(=O)c1csc(CCN)n1.Cl. The zero-order valence-electron chi connectivity index (χ0n) is 10.2. The number of carbonyl (C=O) groups excluding carboxylic acids is 1. The van der Waals surface area contributed by atoms with Crippen molar-refractivity contribution in [3.05, 3.63) is 41.4 Å².